The van der Waals surface area contributed by atoms with Crippen LogP contribution < -0.4 is 11.1 Å². The molecule has 0 aliphatic carbocycles. The van der Waals surface area contributed by atoms with Gasteiger partial charge >= 0.3 is 0 Å². The number of anilines is 2. The van der Waals surface area contributed by atoms with E-state index >= 15 is 0 Å². The highest BCUT2D eigenvalue weighted by molar-refractivity contribution is 5.83. The number of hydrogen-bond donors (Lipinski definition) is 2. The van der Waals surface area contributed by atoms with Crippen molar-refractivity contribution in [2.75, 3.05) is 18.5 Å². The Morgan fingerprint density at radius 1 is 1.36 bits per heavy atom. The molecule has 1 aromatic carbocycles. The van der Waals surface area contributed by atoms with Gasteiger partial charge in [-0.05, 0) is 25.1 Å². The van der Waals surface area contributed by atoms with Crippen LogP contribution in [-0.4, -0.2) is 39.8 Å². The fourth-order valence-electron chi connectivity index (χ4n) is 3.20. The standard InChI is InChI=1S/C18H17F3N6O/c1-10-7-27-5-4-23-15(16(27)24-10)25-11-2-3-13(19)12(6-11)18(17(20)21)9-28-8-14(22)26-18/h2-7,17H,8-9H2,1H3,(H2,22,26)(H,23,25). The Bertz CT molecular complexity index is 1070. The van der Waals surface area contributed by atoms with Gasteiger partial charge in [0.15, 0.2) is 17.0 Å². The van der Waals surface area contributed by atoms with E-state index in [1.165, 1.54) is 12.1 Å². The van der Waals surface area contributed by atoms with Crippen LogP contribution in [0, 0.1) is 12.7 Å². The molecule has 3 heterocycles. The molecule has 0 amide bonds. The summed E-state index contributed by atoms with van der Waals surface area (Å²) in [7, 11) is 0. The van der Waals surface area contributed by atoms with Gasteiger partial charge in [0.25, 0.3) is 6.43 Å². The summed E-state index contributed by atoms with van der Waals surface area (Å²) in [6, 6.07) is 3.79. The molecule has 0 saturated heterocycles. The smallest absolute Gasteiger partial charge is 0.269 e. The Labute approximate surface area is 158 Å². The van der Waals surface area contributed by atoms with Crippen molar-refractivity contribution >= 4 is 23.0 Å². The number of amidine groups is 1. The number of halogens is 3. The summed E-state index contributed by atoms with van der Waals surface area (Å²) in [6.07, 6.45) is 2.12. The molecule has 3 aromatic rings. The van der Waals surface area contributed by atoms with Crippen LogP contribution in [0.3, 0.4) is 0 Å². The van der Waals surface area contributed by atoms with Crippen LogP contribution >= 0.6 is 0 Å². The number of aromatic nitrogens is 3. The minimum Gasteiger partial charge on any atom is -0.385 e. The number of nitrogens with two attached hydrogens (primary N) is 1. The van der Waals surface area contributed by atoms with E-state index in [1.54, 1.807) is 16.8 Å². The van der Waals surface area contributed by atoms with E-state index in [1.807, 2.05) is 13.1 Å². The first-order valence-electron chi connectivity index (χ1n) is 8.46. The third-order valence-electron chi connectivity index (χ3n) is 4.47. The second kappa shape index (κ2) is 6.79. The molecular weight excluding hydrogens is 373 g/mol. The van der Waals surface area contributed by atoms with Crippen molar-refractivity contribution in [1.82, 2.24) is 14.4 Å². The maximum absolute atomic E-state index is 14.5. The summed E-state index contributed by atoms with van der Waals surface area (Å²) in [4.78, 5) is 12.5. The molecule has 0 bridgehead atoms. The monoisotopic (exact) mass is 390 g/mol. The lowest BCUT2D eigenvalue weighted by Crippen LogP contribution is -2.45. The number of nitrogens with zero attached hydrogens (tertiary/aromatic N) is 4. The van der Waals surface area contributed by atoms with E-state index in [0.717, 1.165) is 11.8 Å². The molecule has 1 aliphatic rings. The molecule has 1 unspecified atom stereocenters. The molecule has 0 radical (unpaired) electrons. The Balaban J connectivity index is 1.78. The average molecular weight is 390 g/mol. The third kappa shape index (κ3) is 3.05. The second-order valence-corrected chi connectivity index (χ2v) is 6.53. The number of rotatable bonds is 4. The molecule has 1 aliphatic heterocycles. The van der Waals surface area contributed by atoms with Gasteiger partial charge in [0.2, 0.25) is 0 Å². The van der Waals surface area contributed by atoms with E-state index < -0.39 is 24.4 Å². The second-order valence-electron chi connectivity index (χ2n) is 6.53. The predicted octanol–water partition coefficient (Wildman–Crippen LogP) is 2.77. The van der Waals surface area contributed by atoms with Gasteiger partial charge in [0.05, 0.1) is 12.3 Å². The van der Waals surface area contributed by atoms with Crippen LogP contribution in [0.5, 0.6) is 0 Å². The Kier molecular flexibility index (Phi) is 4.42. The van der Waals surface area contributed by atoms with Crippen LogP contribution in [-0.2, 0) is 10.3 Å². The molecule has 2 aromatic heterocycles. The van der Waals surface area contributed by atoms with E-state index in [9.17, 15) is 13.2 Å². The van der Waals surface area contributed by atoms with Crippen LogP contribution in [0.2, 0.25) is 0 Å². The maximum atomic E-state index is 14.5. The van der Waals surface area contributed by atoms with Crippen molar-refractivity contribution in [1.29, 1.82) is 0 Å². The summed E-state index contributed by atoms with van der Waals surface area (Å²) >= 11 is 0. The van der Waals surface area contributed by atoms with Crippen molar-refractivity contribution in [2.24, 2.45) is 10.7 Å². The van der Waals surface area contributed by atoms with Gasteiger partial charge in [-0.2, -0.15) is 0 Å². The summed E-state index contributed by atoms with van der Waals surface area (Å²) in [5.41, 5.74) is 4.79. The number of aryl methyl sites for hydroxylation is 1. The van der Waals surface area contributed by atoms with Crippen LogP contribution in [0.4, 0.5) is 24.7 Å². The molecule has 4 rings (SSSR count). The van der Waals surface area contributed by atoms with Crippen LogP contribution in [0.15, 0.2) is 41.8 Å². The quantitative estimate of drug-likeness (QED) is 0.715. The number of ether oxygens (including phenoxy) is 1. The van der Waals surface area contributed by atoms with Gasteiger partial charge < -0.3 is 20.2 Å². The number of fused-ring (bicyclic) bond motifs is 1. The zero-order valence-corrected chi connectivity index (χ0v) is 14.9. The van der Waals surface area contributed by atoms with Gasteiger partial charge in [-0.3, -0.25) is 4.99 Å². The lowest BCUT2D eigenvalue weighted by molar-refractivity contribution is -0.0145. The highest BCUT2D eigenvalue weighted by Crippen LogP contribution is 2.38. The fourth-order valence-corrected chi connectivity index (χ4v) is 3.20. The lowest BCUT2D eigenvalue weighted by Gasteiger charge is -2.33. The van der Waals surface area contributed by atoms with Crippen LogP contribution in [0.1, 0.15) is 11.3 Å². The zero-order valence-electron chi connectivity index (χ0n) is 14.9. The van der Waals surface area contributed by atoms with Gasteiger partial charge in [-0.25, -0.2) is 23.1 Å². The molecule has 146 valence electrons. The molecule has 0 fully saturated rings. The largest absolute Gasteiger partial charge is 0.385 e. The van der Waals surface area contributed by atoms with Gasteiger partial charge in [-0.1, -0.05) is 0 Å². The summed E-state index contributed by atoms with van der Waals surface area (Å²) in [5.74, 6) is -0.526. The van der Waals surface area contributed by atoms with E-state index in [-0.39, 0.29) is 18.0 Å². The SMILES string of the molecule is Cc1cn2ccnc(Nc3ccc(F)c(C4(C(F)F)COCC(N)=N4)c3)c2n1. The Hall–Kier alpha value is -3.14. The van der Waals surface area contributed by atoms with Gasteiger partial charge in [-0.15, -0.1) is 0 Å². The van der Waals surface area contributed by atoms with E-state index in [4.69, 9.17) is 10.5 Å². The molecule has 28 heavy (non-hydrogen) atoms. The molecule has 3 N–H and O–H groups in total. The minimum atomic E-state index is -3.01. The molecule has 0 spiro atoms. The fraction of sp³-hybridized carbons (Fsp3) is 0.278. The highest BCUT2D eigenvalue weighted by Gasteiger charge is 2.46. The topological polar surface area (TPSA) is 89.8 Å². The van der Waals surface area contributed by atoms with Crippen LogP contribution in [0.25, 0.3) is 5.65 Å². The van der Waals surface area contributed by atoms with Gasteiger partial charge in [0.1, 0.15) is 18.3 Å². The number of imidazole rings is 1. The number of aliphatic imine (C=N–C) groups is 1. The van der Waals surface area contributed by atoms with Gasteiger partial charge in [0, 0.05) is 29.8 Å². The van der Waals surface area contributed by atoms with E-state index in [2.05, 4.69) is 20.3 Å². The highest BCUT2D eigenvalue weighted by atomic mass is 19.3. The maximum Gasteiger partial charge on any atom is 0.269 e. The minimum absolute atomic E-state index is 0.0703. The summed E-state index contributed by atoms with van der Waals surface area (Å²) < 4.78 is 49.3. The first kappa shape index (κ1) is 18.2. The first-order chi connectivity index (χ1) is 13.4. The number of hydrogen-bond acceptors (Lipinski definition) is 6. The van der Waals surface area contributed by atoms with Crippen molar-refractivity contribution in [3.8, 4) is 0 Å². The summed E-state index contributed by atoms with van der Waals surface area (Å²) in [6.45, 7) is 1.29. The van der Waals surface area contributed by atoms with E-state index in [0.29, 0.717) is 17.2 Å². The number of alkyl halides is 2. The molecule has 0 saturated carbocycles. The Morgan fingerprint density at radius 2 is 2.18 bits per heavy atom. The number of benzene rings is 1. The molecule has 10 heteroatoms. The lowest BCUT2D eigenvalue weighted by atomic mass is 9.90. The normalized spacial score (nSPS) is 19.8. The van der Waals surface area contributed by atoms with Crippen molar-refractivity contribution in [3.05, 3.63) is 53.9 Å². The number of nitrogens with one attached hydrogen (secondary N) is 1. The molecule has 7 nitrogen and oxygen atoms in total. The van der Waals surface area contributed by atoms with Crippen molar-refractivity contribution in [2.45, 2.75) is 18.9 Å². The molecular formula is C18H17F3N6O. The first-order valence-corrected chi connectivity index (χ1v) is 8.46. The molecule has 1 atom stereocenters. The average Bonchev–Trinajstić information content (AvgIpc) is 3.04. The Morgan fingerprint density at radius 3 is 2.93 bits per heavy atom. The summed E-state index contributed by atoms with van der Waals surface area (Å²) in [5, 5.41) is 3.01. The predicted molar refractivity (Wildman–Crippen MR) is 97.5 cm³/mol. The zero-order chi connectivity index (χ0) is 19.9. The third-order valence-corrected chi connectivity index (χ3v) is 4.47. The van der Waals surface area contributed by atoms with Crippen molar-refractivity contribution in [3.63, 3.8) is 0 Å². The van der Waals surface area contributed by atoms with Crippen molar-refractivity contribution < 1.29 is 17.9 Å².